The maximum atomic E-state index is 13.5. The molecule has 1 atom stereocenters. The van der Waals surface area contributed by atoms with Crippen molar-refractivity contribution in [2.75, 3.05) is 17.1 Å². The lowest BCUT2D eigenvalue weighted by Gasteiger charge is -2.31. The zero-order valence-corrected chi connectivity index (χ0v) is 24.4. The van der Waals surface area contributed by atoms with Crippen molar-refractivity contribution in [1.82, 2.24) is 10.2 Å². The second-order valence-electron chi connectivity index (χ2n) is 10.3. The van der Waals surface area contributed by atoms with Gasteiger partial charge < -0.3 is 10.2 Å². The number of carbonyl (C=O) groups is 2. The molecule has 3 rings (SSSR count). The molecule has 0 aromatic heterocycles. The summed E-state index contributed by atoms with van der Waals surface area (Å²) in [6.07, 6.45) is 6.92. The molecule has 1 unspecified atom stereocenters. The molecule has 9 heteroatoms. The van der Waals surface area contributed by atoms with Gasteiger partial charge in [0.1, 0.15) is 6.04 Å². The first kappa shape index (κ1) is 30.0. The highest BCUT2D eigenvalue weighted by molar-refractivity contribution is 7.92. The summed E-state index contributed by atoms with van der Waals surface area (Å²) in [6, 6.07) is 12.3. The van der Waals surface area contributed by atoms with Crippen LogP contribution in [0.5, 0.6) is 0 Å². The number of aryl methyl sites for hydroxylation is 1. The first-order valence-electron chi connectivity index (χ1n) is 13.4. The van der Waals surface area contributed by atoms with Crippen LogP contribution in [-0.4, -0.2) is 50.0 Å². The van der Waals surface area contributed by atoms with E-state index < -0.39 is 16.1 Å². The molecule has 2 amide bonds. The fraction of sp³-hybridized carbons (Fsp3) is 0.517. The molecule has 0 spiro atoms. The van der Waals surface area contributed by atoms with Gasteiger partial charge in [0, 0.05) is 30.6 Å². The SMILES string of the molecule is Cc1cccc(N(CCCC(=O)N(Cc2cccc(Cl)c2)C(C)C(=O)NC2CCCCC2)S(C)(=O)=O)c1C. The summed E-state index contributed by atoms with van der Waals surface area (Å²) in [5, 5.41) is 3.69. The number of sulfonamides is 1. The lowest BCUT2D eigenvalue weighted by molar-refractivity contribution is -0.141. The Morgan fingerprint density at radius 2 is 1.76 bits per heavy atom. The van der Waals surface area contributed by atoms with Crippen molar-refractivity contribution in [2.24, 2.45) is 0 Å². The molecule has 1 fully saturated rings. The van der Waals surface area contributed by atoms with Gasteiger partial charge in [0.05, 0.1) is 11.9 Å². The molecule has 1 aliphatic rings. The average Bonchev–Trinajstić information content (AvgIpc) is 2.86. The number of nitrogens with zero attached hydrogens (tertiary/aromatic N) is 2. The van der Waals surface area contributed by atoms with Gasteiger partial charge in [-0.3, -0.25) is 13.9 Å². The predicted octanol–water partition coefficient (Wildman–Crippen LogP) is 5.37. The van der Waals surface area contributed by atoms with Crippen LogP contribution >= 0.6 is 11.6 Å². The zero-order valence-electron chi connectivity index (χ0n) is 22.9. The fourth-order valence-corrected chi connectivity index (χ4v) is 6.20. The Bertz CT molecular complexity index is 1230. The normalized spacial score (nSPS) is 15.1. The Kier molecular flexibility index (Phi) is 10.6. The van der Waals surface area contributed by atoms with E-state index in [1.807, 2.05) is 38.1 Å². The number of hydrogen-bond acceptors (Lipinski definition) is 4. The van der Waals surface area contributed by atoms with Crippen molar-refractivity contribution in [1.29, 1.82) is 0 Å². The Morgan fingerprint density at radius 3 is 2.42 bits per heavy atom. The van der Waals surface area contributed by atoms with Gasteiger partial charge in [-0.1, -0.05) is 55.1 Å². The van der Waals surface area contributed by atoms with Crippen molar-refractivity contribution < 1.29 is 18.0 Å². The van der Waals surface area contributed by atoms with E-state index in [1.54, 1.807) is 30.0 Å². The minimum absolute atomic E-state index is 0.110. The average molecular weight is 562 g/mol. The second kappa shape index (κ2) is 13.5. The maximum Gasteiger partial charge on any atom is 0.242 e. The Labute approximate surface area is 232 Å². The van der Waals surface area contributed by atoms with Gasteiger partial charge in [-0.05, 0) is 74.9 Å². The fourth-order valence-electron chi connectivity index (χ4n) is 4.97. The third-order valence-electron chi connectivity index (χ3n) is 7.36. The van der Waals surface area contributed by atoms with Crippen molar-refractivity contribution in [3.8, 4) is 0 Å². The van der Waals surface area contributed by atoms with E-state index in [1.165, 1.54) is 17.0 Å². The van der Waals surface area contributed by atoms with Crippen LogP contribution in [0.3, 0.4) is 0 Å². The first-order valence-corrected chi connectivity index (χ1v) is 15.6. The molecule has 0 aliphatic heterocycles. The smallest absolute Gasteiger partial charge is 0.242 e. The molecule has 0 saturated heterocycles. The van der Waals surface area contributed by atoms with Crippen LogP contribution in [0.2, 0.25) is 5.02 Å². The summed E-state index contributed by atoms with van der Waals surface area (Å²) in [5.74, 6) is -0.369. The molecular formula is C29H40ClN3O4S. The maximum absolute atomic E-state index is 13.5. The molecule has 1 saturated carbocycles. The quantitative estimate of drug-likeness (QED) is 0.399. The number of hydrogen-bond donors (Lipinski definition) is 1. The van der Waals surface area contributed by atoms with Crippen LogP contribution in [0.1, 0.15) is 68.6 Å². The van der Waals surface area contributed by atoms with Crippen LogP contribution in [-0.2, 0) is 26.2 Å². The van der Waals surface area contributed by atoms with Crippen LogP contribution in [0.15, 0.2) is 42.5 Å². The number of benzene rings is 2. The third-order valence-corrected chi connectivity index (χ3v) is 8.77. The van der Waals surface area contributed by atoms with Crippen LogP contribution in [0, 0.1) is 13.8 Å². The van der Waals surface area contributed by atoms with E-state index in [4.69, 9.17) is 11.6 Å². The van der Waals surface area contributed by atoms with Crippen LogP contribution < -0.4 is 9.62 Å². The minimum atomic E-state index is -3.55. The first-order chi connectivity index (χ1) is 18.0. The van der Waals surface area contributed by atoms with E-state index in [0.29, 0.717) is 17.1 Å². The molecule has 2 aromatic carbocycles. The standard InChI is InChI=1S/C29H40ClN3O4S/c1-21-11-8-16-27(22(21)2)33(38(4,36)37)18-10-17-28(34)32(20-24-12-9-13-25(30)19-24)23(3)29(35)31-26-14-6-5-7-15-26/h8-9,11-13,16,19,23,26H,5-7,10,14-15,17-18,20H2,1-4H3,(H,31,35). The molecule has 1 N–H and O–H groups in total. The lowest BCUT2D eigenvalue weighted by atomic mass is 9.95. The van der Waals surface area contributed by atoms with Gasteiger partial charge in [-0.2, -0.15) is 0 Å². The number of amides is 2. The monoisotopic (exact) mass is 561 g/mol. The molecule has 2 aromatic rings. The van der Waals surface area contributed by atoms with Gasteiger partial charge in [0.15, 0.2) is 0 Å². The summed E-state index contributed by atoms with van der Waals surface area (Å²) in [6.45, 7) is 6.00. The van der Waals surface area contributed by atoms with Crippen LogP contribution in [0.25, 0.3) is 0 Å². The third kappa shape index (κ3) is 8.21. The molecule has 38 heavy (non-hydrogen) atoms. The predicted molar refractivity (Wildman–Crippen MR) is 154 cm³/mol. The Hall–Kier alpha value is -2.58. The zero-order chi connectivity index (χ0) is 27.9. The highest BCUT2D eigenvalue weighted by atomic mass is 35.5. The van der Waals surface area contributed by atoms with Crippen molar-refractivity contribution >= 4 is 39.1 Å². The van der Waals surface area contributed by atoms with E-state index in [0.717, 1.165) is 42.4 Å². The Balaban J connectivity index is 1.74. The molecule has 0 radical (unpaired) electrons. The summed E-state index contributed by atoms with van der Waals surface area (Å²) in [5.41, 5.74) is 3.34. The summed E-state index contributed by atoms with van der Waals surface area (Å²) >= 11 is 6.18. The van der Waals surface area contributed by atoms with Crippen molar-refractivity contribution in [3.05, 3.63) is 64.2 Å². The number of nitrogens with one attached hydrogen (secondary N) is 1. The van der Waals surface area contributed by atoms with Gasteiger partial charge in [0.2, 0.25) is 21.8 Å². The molecular weight excluding hydrogens is 522 g/mol. The van der Waals surface area contributed by atoms with Crippen LogP contribution in [0.4, 0.5) is 5.69 Å². The molecule has 208 valence electrons. The number of carbonyl (C=O) groups excluding carboxylic acids is 2. The number of anilines is 1. The molecule has 0 heterocycles. The van der Waals surface area contributed by atoms with E-state index in [-0.39, 0.29) is 37.4 Å². The summed E-state index contributed by atoms with van der Waals surface area (Å²) in [7, 11) is -3.55. The van der Waals surface area contributed by atoms with E-state index in [2.05, 4.69) is 5.32 Å². The van der Waals surface area contributed by atoms with Gasteiger partial charge in [-0.15, -0.1) is 0 Å². The molecule has 7 nitrogen and oxygen atoms in total. The molecule has 1 aliphatic carbocycles. The number of halogens is 1. The van der Waals surface area contributed by atoms with Gasteiger partial charge in [-0.25, -0.2) is 8.42 Å². The van der Waals surface area contributed by atoms with Gasteiger partial charge in [0.25, 0.3) is 0 Å². The largest absolute Gasteiger partial charge is 0.352 e. The highest BCUT2D eigenvalue weighted by Crippen LogP contribution is 2.26. The summed E-state index contributed by atoms with van der Waals surface area (Å²) < 4.78 is 26.6. The highest BCUT2D eigenvalue weighted by Gasteiger charge is 2.28. The van der Waals surface area contributed by atoms with Gasteiger partial charge >= 0.3 is 0 Å². The number of rotatable bonds is 11. The van der Waals surface area contributed by atoms with Crippen molar-refractivity contribution in [3.63, 3.8) is 0 Å². The van der Waals surface area contributed by atoms with E-state index >= 15 is 0 Å². The second-order valence-corrected chi connectivity index (χ2v) is 12.7. The van der Waals surface area contributed by atoms with Crippen molar-refractivity contribution in [2.45, 2.75) is 84.3 Å². The lowest BCUT2D eigenvalue weighted by Crippen LogP contribution is -2.50. The van der Waals surface area contributed by atoms with E-state index in [9.17, 15) is 18.0 Å². The summed E-state index contributed by atoms with van der Waals surface area (Å²) in [4.78, 5) is 28.2. The topological polar surface area (TPSA) is 86.8 Å². The minimum Gasteiger partial charge on any atom is -0.352 e. The Morgan fingerprint density at radius 1 is 1.08 bits per heavy atom. The molecule has 0 bridgehead atoms.